The van der Waals surface area contributed by atoms with Crippen LogP contribution in [0.3, 0.4) is 0 Å². The van der Waals surface area contributed by atoms with E-state index in [4.69, 9.17) is 4.74 Å². The third-order valence-electron chi connectivity index (χ3n) is 3.00. The van der Waals surface area contributed by atoms with Crippen LogP contribution in [0.15, 0.2) is 36.4 Å². The van der Waals surface area contributed by atoms with Crippen molar-refractivity contribution in [3.63, 3.8) is 0 Å². The zero-order valence-electron chi connectivity index (χ0n) is 11.9. The van der Waals surface area contributed by atoms with Crippen molar-refractivity contribution in [2.45, 2.75) is 46.1 Å². The topological polar surface area (TPSA) is 9.23 Å². The second-order valence-electron chi connectivity index (χ2n) is 6.08. The summed E-state index contributed by atoms with van der Waals surface area (Å²) < 4.78 is 5.98. The molecule has 0 fully saturated rings. The Labute approximate surface area is 110 Å². The highest BCUT2D eigenvalue weighted by atomic mass is 16.5. The van der Waals surface area contributed by atoms with Crippen LogP contribution in [0.5, 0.6) is 5.75 Å². The number of rotatable bonds is 2. The first-order valence-corrected chi connectivity index (χ1v) is 6.58. The average Bonchev–Trinajstić information content (AvgIpc) is 2.26. The normalized spacial score (nSPS) is 12.1. The van der Waals surface area contributed by atoms with Crippen LogP contribution in [-0.4, -0.2) is 6.10 Å². The Morgan fingerprint density at radius 1 is 0.944 bits per heavy atom. The maximum Gasteiger partial charge on any atom is 0.124 e. The molecule has 0 aliphatic heterocycles. The van der Waals surface area contributed by atoms with Crippen molar-refractivity contribution in [1.29, 1.82) is 0 Å². The van der Waals surface area contributed by atoms with Crippen LogP contribution in [0, 0.1) is 0 Å². The fraction of sp³-hybridized carbons (Fsp3) is 0.412. The minimum atomic E-state index is 0.0745. The van der Waals surface area contributed by atoms with Crippen LogP contribution in [0.1, 0.15) is 40.2 Å². The van der Waals surface area contributed by atoms with Crippen LogP contribution in [0.25, 0.3) is 10.8 Å². The lowest BCUT2D eigenvalue weighted by Crippen LogP contribution is -2.16. The molecule has 96 valence electrons. The van der Waals surface area contributed by atoms with Crippen molar-refractivity contribution < 1.29 is 4.74 Å². The fourth-order valence-corrected chi connectivity index (χ4v) is 2.38. The van der Waals surface area contributed by atoms with E-state index in [0.717, 1.165) is 5.75 Å². The van der Waals surface area contributed by atoms with Crippen molar-refractivity contribution in [1.82, 2.24) is 0 Å². The third-order valence-corrected chi connectivity index (χ3v) is 3.00. The quantitative estimate of drug-likeness (QED) is 0.726. The minimum absolute atomic E-state index is 0.0745. The van der Waals surface area contributed by atoms with Crippen molar-refractivity contribution in [2.75, 3.05) is 0 Å². The standard InChI is InChI=1S/C17H22O/c1-12(2)18-15-11-10-13-8-6-7-9-14(13)16(15)17(3,4)5/h6-12H,1-5H3. The van der Waals surface area contributed by atoms with Gasteiger partial charge < -0.3 is 4.74 Å². The molecule has 0 radical (unpaired) electrons. The molecule has 0 amide bonds. The lowest BCUT2D eigenvalue weighted by Gasteiger charge is -2.26. The Kier molecular flexibility index (Phi) is 3.34. The third kappa shape index (κ3) is 2.50. The van der Waals surface area contributed by atoms with Gasteiger partial charge in [0, 0.05) is 5.56 Å². The Balaban J connectivity index is 2.71. The maximum absolute atomic E-state index is 5.98. The molecule has 0 spiro atoms. The molecule has 2 rings (SSSR count). The first-order valence-electron chi connectivity index (χ1n) is 6.58. The van der Waals surface area contributed by atoms with Crippen LogP contribution < -0.4 is 4.74 Å². The van der Waals surface area contributed by atoms with Crippen LogP contribution in [0.4, 0.5) is 0 Å². The molecule has 0 atom stereocenters. The zero-order chi connectivity index (χ0) is 13.3. The fourth-order valence-electron chi connectivity index (χ4n) is 2.38. The Bertz CT molecular complexity index is 547. The first kappa shape index (κ1) is 12.9. The van der Waals surface area contributed by atoms with E-state index < -0.39 is 0 Å². The van der Waals surface area contributed by atoms with Gasteiger partial charge in [0.1, 0.15) is 5.75 Å². The van der Waals surface area contributed by atoms with Crippen molar-refractivity contribution in [3.05, 3.63) is 42.0 Å². The van der Waals surface area contributed by atoms with E-state index in [9.17, 15) is 0 Å². The van der Waals surface area contributed by atoms with E-state index >= 15 is 0 Å². The van der Waals surface area contributed by atoms with E-state index in [1.807, 2.05) is 0 Å². The summed E-state index contributed by atoms with van der Waals surface area (Å²) in [6.45, 7) is 10.9. The molecule has 0 heterocycles. The molecule has 1 nitrogen and oxygen atoms in total. The monoisotopic (exact) mass is 242 g/mol. The summed E-state index contributed by atoms with van der Waals surface area (Å²) in [7, 11) is 0. The van der Waals surface area contributed by atoms with Crippen molar-refractivity contribution >= 4 is 10.8 Å². The Hall–Kier alpha value is -1.50. The Morgan fingerprint density at radius 3 is 2.22 bits per heavy atom. The molecule has 0 aromatic heterocycles. The second kappa shape index (κ2) is 4.64. The summed E-state index contributed by atoms with van der Waals surface area (Å²) in [5.74, 6) is 1.01. The maximum atomic E-state index is 5.98. The first-order chi connectivity index (χ1) is 8.39. The van der Waals surface area contributed by atoms with Crippen LogP contribution in [0.2, 0.25) is 0 Å². The number of hydrogen-bond donors (Lipinski definition) is 0. The molecule has 0 N–H and O–H groups in total. The van der Waals surface area contributed by atoms with Gasteiger partial charge in [-0.3, -0.25) is 0 Å². The van der Waals surface area contributed by atoms with E-state index in [2.05, 4.69) is 71.0 Å². The minimum Gasteiger partial charge on any atom is -0.491 e. The molecule has 0 bridgehead atoms. The van der Waals surface area contributed by atoms with E-state index in [1.54, 1.807) is 0 Å². The molecule has 18 heavy (non-hydrogen) atoms. The molecule has 1 heteroatoms. The van der Waals surface area contributed by atoms with Gasteiger partial charge in [0.05, 0.1) is 6.10 Å². The molecule has 2 aromatic rings. The van der Waals surface area contributed by atoms with Gasteiger partial charge in [0.2, 0.25) is 0 Å². The smallest absolute Gasteiger partial charge is 0.124 e. The van der Waals surface area contributed by atoms with Gasteiger partial charge in [-0.15, -0.1) is 0 Å². The molecule has 0 aliphatic rings. The van der Waals surface area contributed by atoms with Crippen LogP contribution in [-0.2, 0) is 5.41 Å². The number of fused-ring (bicyclic) bond motifs is 1. The summed E-state index contributed by atoms with van der Waals surface area (Å²) >= 11 is 0. The SMILES string of the molecule is CC(C)Oc1ccc2ccccc2c1C(C)(C)C. The molecular weight excluding hydrogens is 220 g/mol. The lowest BCUT2D eigenvalue weighted by molar-refractivity contribution is 0.237. The summed E-state index contributed by atoms with van der Waals surface area (Å²) in [5.41, 5.74) is 1.37. The second-order valence-corrected chi connectivity index (χ2v) is 6.08. The number of benzene rings is 2. The van der Waals surface area contributed by atoms with Gasteiger partial charge in [-0.2, -0.15) is 0 Å². The average molecular weight is 242 g/mol. The van der Waals surface area contributed by atoms with Gasteiger partial charge in [-0.25, -0.2) is 0 Å². The van der Waals surface area contributed by atoms with Gasteiger partial charge in [0.25, 0.3) is 0 Å². The van der Waals surface area contributed by atoms with Gasteiger partial charge in [-0.05, 0) is 36.1 Å². The summed E-state index contributed by atoms with van der Waals surface area (Å²) in [5, 5.41) is 2.57. The largest absolute Gasteiger partial charge is 0.491 e. The predicted octanol–water partition coefficient (Wildman–Crippen LogP) is 4.92. The number of hydrogen-bond acceptors (Lipinski definition) is 1. The molecule has 2 aromatic carbocycles. The van der Waals surface area contributed by atoms with E-state index in [1.165, 1.54) is 16.3 Å². The van der Waals surface area contributed by atoms with E-state index in [0.29, 0.717) is 0 Å². The molecule has 0 saturated heterocycles. The van der Waals surface area contributed by atoms with Crippen molar-refractivity contribution in [2.24, 2.45) is 0 Å². The lowest BCUT2D eigenvalue weighted by atomic mass is 9.83. The molecule has 0 saturated carbocycles. The summed E-state index contributed by atoms with van der Waals surface area (Å²) in [6, 6.07) is 12.8. The Morgan fingerprint density at radius 2 is 1.61 bits per heavy atom. The summed E-state index contributed by atoms with van der Waals surface area (Å²) in [6.07, 6.45) is 0.201. The highest BCUT2D eigenvalue weighted by molar-refractivity contribution is 5.88. The van der Waals surface area contributed by atoms with E-state index in [-0.39, 0.29) is 11.5 Å². The van der Waals surface area contributed by atoms with Crippen molar-refractivity contribution in [3.8, 4) is 5.75 Å². The van der Waals surface area contributed by atoms with Gasteiger partial charge >= 0.3 is 0 Å². The van der Waals surface area contributed by atoms with Gasteiger partial charge in [0.15, 0.2) is 0 Å². The summed E-state index contributed by atoms with van der Waals surface area (Å²) in [4.78, 5) is 0. The highest BCUT2D eigenvalue weighted by Crippen LogP contribution is 2.37. The predicted molar refractivity (Wildman–Crippen MR) is 78.4 cm³/mol. The highest BCUT2D eigenvalue weighted by Gasteiger charge is 2.22. The zero-order valence-corrected chi connectivity index (χ0v) is 11.9. The number of ether oxygens (including phenoxy) is 1. The molecule has 0 unspecified atom stereocenters. The molecule has 0 aliphatic carbocycles. The van der Waals surface area contributed by atoms with Crippen LogP contribution >= 0.6 is 0 Å². The molecular formula is C17H22O. The van der Waals surface area contributed by atoms with Gasteiger partial charge in [-0.1, -0.05) is 51.1 Å².